The number of nitrogens with zero attached hydrogens (tertiary/aromatic N) is 1. The van der Waals surface area contributed by atoms with Gasteiger partial charge in [-0.2, -0.15) is 0 Å². The molecule has 0 aromatic heterocycles. The van der Waals surface area contributed by atoms with Crippen molar-refractivity contribution in [1.82, 2.24) is 4.90 Å². The number of hydrogen-bond donors (Lipinski definition) is 1. The summed E-state index contributed by atoms with van der Waals surface area (Å²) in [7, 11) is 0. The maximum atomic E-state index is 12.8. The van der Waals surface area contributed by atoms with Crippen molar-refractivity contribution < 1.29 is 28.8 Å². The molecule has 0 aliphatic carbocycles. The third-order valence-corrected chi connectivity index (χ3v) is 7.27. The van der Waals surface area contributed by atoms with Crippen LogP contribution in [0.15, 0.2) is 18.2 Å². The minimum atomic E-state index is -0.590. The van der Waals surface area contributed by atoms with Crippen molar-refractivity contribution in [2.45, 2.75) is 90.1 Å². The Morgan fingerprint density at radius 1 is 1.32 bits per heavy atom. The molecule has 0 saturated carbocycles. The molecule has 2 saturated heterocycles. The number of hydrogen-bond acceptors (Lipinski definition) is 6. The molecule has 0 bridgehead atoms. The lowest BCUT2D eigenvalue weighted by atomic mass is 9.69. The van der Waals surface area contributed by atoms with E-state index < -0.39 is 16.8 Å². The summed E-state index contributed by atoms with van der Waals surface area (Å²) in [6, 6.07) is 5.29. The van der Waals surface area contributed by atoms with Gasteiger partial charge >= 0.3 is 6.09 Å². The van der Waals surface area contributed by atoms with Crippen molar-refractivity contribution in [3.63, 3.8) is 0 Å². The maximum absolute atomic E-state index is 12.8. The molecule has 1 spiro atoms. The molecule has 3 aliphatic heterocycles. The Hall–Kier alpha value is -1.99. The van der Waals surface area contributed by atoms with E-state index in [9.17, 15) is 9.90 Å². The van der Waals surface area contributed by atoms with Crippen LogP contribution in [0.4, 0.5) is 4.79 Å². The van der Waals surface area contributed by atoms with Gasteiger partial charge in [0, 0.05) is 24.1 Å². The number of benzene rings is 1. The van der Waals surface area contributed by atoms with Crippen molar-refractivity contribution in [1.29, 1.82) is 0 Å². The molecule has 3 aliphatic rings. The predicted molar refractivity (Wildman–Crippen MR) is 129 cm³/mol. The fourth-order valence-electron chi connectivity index (χ4n) is 5.58. The van der Waals surface area contributed by atoms with Crippen molar-refractivity contribution >= 4 is 6.09 Å². The molecule has 4 rings (SSSR count). The predicted octanol–water partition coefficient (Wildman–Crippen LogP) is 5.45. The molecule has 34 heavy (non-hydrogen) atoms. The fourth-order valence-corrected chi connectivity index (χ4v) is 5.58. The largest absolute Gasteiger partial charge is 0.508 e. The number of fused-ring (bicyclic) bond motifs is 3. The third-order valence-electron chi connectivity index (χ3n) is 7.27. The number of amides is 1. The molecule has 4 atom stereocenters. The summed E-state index contributed by atoms with van der Waals surface area (Å²) in [5.74, 6) is 1.57. The van der Waals surface area contributed by atoms with E-state index in [1.807, 2.05) is 26.8 Å². The highest BCUT2D eigenvalue weighted by Crippen LogP contribution is 2.54. The van der Waals surface area contributed by atoms with E-state index in [1.54, 1.807) is 17.0 Å². The zero-order chi connectivity index (χ0) is 24.7. The minimum absolute atomic E-state index is 0.0593. The third kappa shape index (κ3) is 5.30. The van der Waals surface area contributed by atoms with Crippen molar-refractivity contribution in [2.24, 2.45) is 11.8 Å². The highest BCUT2D eigenvalue weighted by molar-refractivity contribution is 5.68. The van der Waals surface area contributed by atoms with E-state index in [4.69, 9.17) is 18.9 Å². The Kier molecular flexibility index (Phi) is 6.82. The van der Waals surface area contributed by atoms with E-state index in [0.717, 1.165) is 31.2 Å². The van der Waals surface area contributed by atoms with Gasteiger partial charge < -0.3 is 29.0 Å². The summed E-state index contributed by atoms with van der Waals surface area (Å²) in [5, 5.41) is 10.1. The number of aromatic hydroxyl groups is 1. The van der Waals surface area contributed by atoms with E-state index in [-0.39, 0.29) is 23.9 Å². The van der Waals surface area contributed by atoms with Gasteiger partial charge in [0.15, 0.2) is 0 Å². The molecule has 1 amide bonds. The van der Waals surface area contributed by atoms with Gasteiger partial charge in [-0.1, -0.05) is 20.3 Å². The van der Waals surface area contributed by atoms with Gasteiger partial charge in [-0.25, -0.2) is 4.79 Å². The van der Waals surface area contributed by atoms with Crippen LogP contribution in [-0.2, 0) is 14.2 Å². The first-order chi connectivity index (χ1) is 15.9. The molecule has 0 radical (unpaired) electrons. The summed E-state index contributed by atoms with van der Waals surface area (Å²) in [5.41, 5.74) is -0.629. The standard InChI is InChI=1S/C27H41NO6/c1-18(2)8-7-11-26(6)21-15-27(16-28(12-13-32-27)24(30)34-25(3,4)5)17-31-23(21)20-10-9-19(29)14-22(20)33-26/h9-10,14,18,21,23,29H,7-8,11-13,15-17H2,1-6H3/t21-,23+,26+,27?/m0/s1. The maximum Gasteiger partial charge on any atom is 0.410 e. The summed E-state index contributed by atoms with van der Waals surface area (Å²) >= 11 is 0. The first kappa shape index (κ1) is 25.1. The van der Waals surface area contributed by atoms with Gasteiger partial charge in [0.1, 0.15) is 28.3 Å². The number of carbonyl (C=O) groups is 1. The normalized spacial score (nSPS) is 31.1. The Labute approximate surface area is 203 Å². The SMILES string of the molecule is CC(C)CCC[C@@]1(C)Oc2cc(O)ccc2[C@H]2OCC3(C[C@@H]21)CN(C(=O)OC(C)(C)C)CCO3. The second kappa shape index (κ2) is 9.23. The Bertz CT molecular complexity index is 896. The van der Waals surface area contributed by atoms with Gasteiger partial charge in [0.05, 0.1) is 25.9 Å². The Morgan fingerprint density at radius 2 is 2.09 bits per heavy atom. The van der Waals surface area contributed by atoms with Crippen LogP contribution in [0.3, 0.4) is 0 Å². The fraction of sp³-hybridized carbons (Fsp3) is 0.741. The summed E-state index contributed by atoms with van der Waals surface area (Å²) in [4.78, 5) is 14.6. The number of ether oxygens (including phenoxy) is 4. The highest BCUT2D eigenvalue weighted by Gasteiger charge is 2.55. The second-order valence-corrected chi connectivity index (χ2v) is 11.9. The number of phenols is 1. The summed E-state index contributed by atoms with van der Waals surface area (Å²) < 4.78 is 25.1. The van der Waals surface area contributed by atoms with Crippen LogP contribution in [-0.4, -0.2) is 59.2 Å². The van der Waals surface area contributed by atoms with Crippen molar-refractivity contribution in [3.8, 4) is 11.5 Å². The lowest BCUT2D eigenvalue weighted by molar-refractivity contribution is -0.231. The Morgan fingerprint density at radius 3 is 2.79 bits per heavy atom. The lowest BCUT2D eigenvalue weighted by Crippen LogP contribution is -2.63. The smallest absolute Gasteiger partial charge is 0.410 e. The van der Waals surface area contributed by atoms with E-state index in [1.165, 1.54) is 0 Å². The first-order valence-electron chi connectivity index (χ1n) is 12.7. The highest BCUT2D eigenvalue weighted by atomic mass is 16.6. The molecule has 3 heterocycles. The van der Waals surface area contributed by atoms with E-state index in [0.29, 0.717) is 38.0 Å². The molecular formula is C27H41NO6. The molecular weight excluding hydrogens is 434 g/mol. The number of phenolic OH excluding ortho intramolecular Hbond substituents is 1. The average molecular weight is 476 g/mol. The molecule has 1 N–H and O–H groups in total. The average Bonchev–Trinajstić information content (AvgIpc) is 2.72. The van der Waals surface area contributed by atoms with Crippen LogP contribution in [0, 0.1) is 11.8 Å². The van der Waals surface area contributed by atoms with Crippen LogP contribution in [0.5, 0.6) is 11.5 Å². The number of rotatable bonds is 4. The van der Waals surface area contributed by atoms with E-state index >= 15 is 0 Å². The lowest BCUT2D eigenvalue weighted by Gasteiger charge is -2.55. The van der Waals surface area contributed by atoms with Crippen LogP contribution in [0.2, 0.25) is 0 Å². The van der Waals surface area contributed by atoms with Crippen LogP contribution in [0.1, 0.15) is 78.9 Å². The molecule has 1 unspecified atom stereocenters. The van der Waals surface area contributed by atoms with Gasteiger partial charge in [0.2, 0.25) is 0 Å². The molecule has 2 fully saturated rings. The van der Waals surface area contributed by atoms with Crippen LogP contribution >= 0.6 is 0 Å². The van der Waals surface area contributed by atoms with Gasteiger partial charge in [-0.3, -0.25) is 0 Å². The summed E-state index contributed by atoms with van der Waals surface area (Å²) in [6.07, 6.45) is 3.34. The minimum Gasteiger partial charge on any atom is -0.508 e. The topological polar surface area (TPSA) is 77.5 Å². The zero-order valence-electron chi connectivity index (χ0n) is 21.6. The summed E-state index contributed by atoms with van der Waals surface area (Å²) in [6.45, 7) is 14.1. The van der Waals surface area contributed by atoms with Gasteiger partial charge in [-0.15, -0.1) is 0 Å². The molecule has 7 nitrogen and oxygen atoms in total. The number of morpholine rings is 1. The van der Waals surface area contributed by atoms with Crippen LogP contribution in [0.25, 0.3) is 0 Å². The first-order valence-corrected chi connectivity index (χ1v) is 12.7. The zero-order valence-corrected chi connectivity index (χ0v) is 21.6. The monoisotopic (exact) mass is 475 g/mol. The molecule has 1 aromatic rings. The quantitative estimate of drug-likeness (QED) is 0.624. The molecule has 1 aromatic carbocycles. The Balaban J connectivity index is 1.59. The number of carbonyl (C=O) groups excluding carboxylic acids is 1. The van der Waals surface area contributed by atoms with Crippen LogP contribution < -0.4 is 4.74 Å². The van der Waals surface area contributed by atoms with Gasteiger partial charge in [-0.05, 0) is 65.0 Å². The van der Waals surface area contributed by atoms with Gasteiger partial charge in [0.25, 0.3) is 0 Å². The van der Waals surface area contributed by atoms with E-state index in [2.05, 4.69) is 20.8 Å². The van der Waals surface area contributed by atoms with Crippen molar-refractivity contribution in [3.05, 3.63) is 23.8 Å². The van der Waals surface area contributed by atoms with Crippen molar-refractivity contribution in [2.75, 3.05) is 26.3 Å². The second-order valence-electron chi connectivity index (χ2n) is 11.9. The molecule has 7 heteroatoms. The molecule has 190 valence electrons.